The summed E-state index contributed by atoms with van der Waals surface area (Å²) in [6, 6.07) is 20.2. The summed E-state index contributed by atoms with van der Waals surface area (Å²) in [6.07, 6.45) is 0.0530. The quantitative estimate of drug-likeness (QED) is 0.301. The number of para-hydroxylation sites is 1. The van der Waals surface area contributed by atoms with Crippen LogP contribution in [-0.2, 0) is 16.6 Å². The van der Waals surface area contributed by atoms with Crippen molar-refractivity contribution in [3.63, 3.8) is 0 Å². The average molecular weight is 497 g/mol. The monoisotopic (exact) mass is 496 g/mol. The average Bonchev–Trinajstić information content (AvgIpc) is 3.43. The van der Waals surface area contributed by atoms with Crippen LogP contribution in [0.25, 0.3) is 11.4 Å². The van der Waals surface area contributed by atoms with Gasteiger partial charge in [-0.15, -0.1) is 0 Å². The van der Waals surface area contributed by atoms with Crippen LogP contribution in [0.15, 0.2) is 71.5 Å². The van der Waals surface area contributed by atoms with Gasteiger partial charge in [-0.05, 0) is 44.5 Å². The third-order valence-corrected chi connectivity index (χ3v) is 7.23. The lowest BCUT2D eigenvalue weighted by molar-refractivity contribution is -0.138. The van der Waals surface area contributed by atoms with Crippen molar-refractivity contribution in [3.8, 4) is 11.4 Å². The molecule has 1 aliphatic heterocycles. The number of ketones is 1. The van der Waals surface area contributed by atoms with E-state index in [0.29, 0.717) is 22.6 Å². The van der Waals surface area contributed by atoms with Crippen molar-refractivity contribution in [2.45, 2.75) is 33.1 Å². The number of benzene rings is 2. The molecule has 0 aliphatic carbocycles. The van der Waals surface area contributed by atoms with Gasteiger partial charge in [0.2, 0.25) is 11.8 Å². The molecule has 1 fully saturated rings. The molecule has 37 heavy (non-hydrogen) atoms. The lowest BCUT2D eigenvalue weighted by Crippen LogP contribution is -2.35. The number of rotatable bonds is 6. The predicted molar refractivity (Wildman–Crippen MR) is 139 cm³/mol. The molecule has 2 aromatic carbocycles. The summed E-state index contributed by atoms with van der Waals surface area (Å²) in [4.78, 5) is 53.7. The first-order valence-corrected chi connectivity index (χ1v) is 12.2. The maximum Gasteiger partial charge on any atom is 0.295 e. The summed E-state index contributed by atoms with van der Waals surface area (Å²) in [5.74, 6) is -1.63. The SMILES string of the molecule is Cc1cc(C(=O)CN2C(=O)C[C@@H](c3ccccc3)C2=O)c(C)n1-c1c(C)n(C)n(-c2ccccc2)c1=O. The van der Waals surface area contributed by atoms with Gasteiger partial charge in [-0.25, -0.2) is 4.68 Å². The first-order valence-electron chi connectivity index (χ1n) is 12.2. The highest BCUT2D eigenvalue weighted by Gasteiger charge is 2.40. The summed E-state index contributed by atoms with van der Waals surface area (Å²) in [5.41, 5.74) is 4.19. The fourth-order valence-corrected chi connectivity index (χ4v) is 5.22. The van der Waals surface area contributed by atoms with Crippen LogP contribution >= 0.6 is 0 Å². The normalized spacial score (nSPS) is 15.6. The van der Waals surface area contributed by atoms with Gasteiger partial charge in [-0.2, -0.15) is 0 Å². The first-order chi connectivity index (χ1) is 17.7. The minimum Gasteiger partial charge on any atom is -0.311 e. The molecule has 4 aromatic rings. The molecule has 8 heteroatoms. The third-order valence-electron chi connectivity index (χ3n) is 7.23. The van der Waals surface area contributed by atoms with E-state index in [1.807, 2.05) is 81.6 Å². The van der Waals surface area contributed by atoms with Gasteiger partial charge in [0.05, 0.1) is 23.8 Å². The van der Waals surface area contributed by atoms with Crippen molar-refractivity contribution in [1.29, 1.82) is 0 Å². The Morgan fingerprint density at radius 2 is 1.51 bits per heavy atom. The van der Waals surface area contributed by atoms with E-state index < -0.39 is 5.92 Å². The number of aryl methyl sites for hydroxylation is 1. The number of imide groups is 1. The molecule has 1 saturated heterocycles. The molecule has 0 radical (unpaired) electrons. The summed E-state index contributed by atoms with van der Waals surface area (Å²) in [6.45, 7) is 5.15. The van der Waals surface area contributed by atoms with Crippen LogP contribution < -0.4 is 5.56 Å². The third kappa shape index (κ3) is 3.94. The van der Waals surface area contributed by atoms with E-state index in [1.165, 1.54) is 0 Å². The van der Waals surface area contributed by atoms with Gasteiger partial charge in [0, 0.05) is 30.4 Å². The Kier molecular flexibility index (Phi) is 6.03. The van der Waals surface area contributed by atoms with Crippen LogP contribution in [0.3, 0.4) is 0 Å². The number of amides is 2. The Morgan fingerprint density at radius 3 is 2.16 bits per heavy atom. The molecule has 2 amide bonds. The molecule has 1 aliphatic rings. The number of Topliss-reactive ketones (excluding diaryl/α,β-unsaturated/α-hetero) is 1. The van der Waals surface area contributed by atoms with Crippen LogP contribution in [0, 0.1) is 20.8 Å². The lowest BCUT2D eigenvalue weighted by atomic mass is 9.98. The molecular formula is C29H28N4O4. The molecule has 0 bridgehead atoms. The highest BCUT2D eigenvalue weighted by Crippen LogP contribution is 2.30. The van der Waals surface area contributed by atoms with Crippen molar-refractivity contribution >= 4 is 17.6 Å². The van der Waals surface area contributed by atoms with Gasteiger partial charge < -0.3 is 4.57 Å². The van der Waals surface area contributed by atoms with Gasteiger partial charge >= 0.3 is 0 Å². The Hall–Kier alpha value is -4.46. The van der Waals surface area contributed by atoms with Crippen molar-refractivity contribution in [3.05, 3.63) is 105 Å². The van der Waals surface area contributed by atoms with Crippen molar-refractivity contribution in [2.75, 3.05) is 6.54 Å². The van der Waals surface area contributed by atoms with E-state index in [-0.39, 0.29) is 36.1 Å². The summed E-state index contributed by atoms with van der Waals surface area (Å²) < 4.78 is 5.17. The molecule has 188 valence electrons. The summed E-state index contributed by atoms with van der Waals surface area (Å²) >= 11 is 0. The largest absolute Gasteiger partial charge is 0.311 e. The van der Waals surface area contributed by atoms with E-state index >= 15 is 0 Å². The summed E-state index contributed by atoms with van der Waals surface area (Å²) in [7, 11) is 1.82. The second-order valence-corrected chi connectivity index (χ2v) is 9.44. The molecule has 8 nitrogen and oxygen atoms in total. The number of likely N-dealkylation sites (tertiary alicyclic amines) is 1. The zero-order chi connectivity index (χ0) is 26.4. The number of nitrogens with zero attached hydrogens (tertiary/aromatic N) is 4. The fourth-order valence-electron chi connectivity index (χ4n) is 5.22. The highest BCUT2D eigenvalue weighted by molar-refractivity contribution is 6.10. The maximum atomic E-state index is 13.6. The van der Waals surface area contributed by atoms with Crippen LogP contribution in [0.1, 0.15) is 45.3 Å². The van der Waals surface area contributed by atoms with Crippen LogP contribution in [-0.4, -0.2) is 43.0 Å². The Bertz CT molecular complexity index is 1590. The molecule has 0 unspecified atom stereocenters. The Balaban J connectivity index is 1.47. The van der Waals surface area contributed by atoms with E-state index in [2.05, 4.69) is 0 Å². The van der Waals surface area contributed by atoms with Crippen LogP contribution in [0.4, 0.5) is 0 Å². The van der Waals surface area contributed by atoms with Crippen LogP contribution in [0.5, 0.6) is 0 Å². The number of carbonyl (C=O) groups is 3. The fraction of sp³-hybridized carbons (Fsp3) is 0.241. The standard InChI is InChI=1S/C29H28N4O4/c1-18-15-23(25(34)17-31-26(35)16-24(28(31)36)21-11-7-5-8-12-21)19(2)32(18)27-20(3)30(4)33(29(27)37)22-13-9-6-10-14-22/h5-15,24H,16-17H2,1-4H3/t24-/m0/s1. The second kappa shape index (κ2) is 9.20. The van der Waals surface area contributed by atoms with Crippen LogP contribution in [0.2, 0.25) is 0 Å². The highest BCUT2D eigenvalue weighted by atomic mass is 16.2. The van der Waals surface area contributed by atoms with Crippen molar-refractivity contribution in [2.24, 2.45) is 7.05 Å². The minimum atomic E-state index is -0.572. The van der Waals surface area contributed by atoms with Gasteiger partial charge in [-0.3, -0.25) is 28.8 Å². The topological polar surface area (TPSA) is 86.3 Å². The van der Waals surface area contributed by atoms with Gasteiger partial charge in [0.25, 0.3) is 5.56 Å². The van der Waals surface area contributed by atoms with E-state index in [0.717, 1.165) is 21.8 Å². The van der Waals surface area contributed by atoms with Gasteiger partial charge in [0.1, 0.15) is 5.69 Å². The molecule has 1 atom stereocenters. The van der Waals surface area contributed by atoms with Crippen molar-refractivity contribution in [1.82, 2.24) is 18.8 Å². The zero-order valence-corrected chi connectivity index (χ0v) is 21.3. The van der Waals surface area contributed by atoms with E-state index in [9.17, 15) is 19.2 Å². The molecular weight excluding hydrogens is 468 g/mol. The maximum absolute atomic E-state index is 13.6. The molecule has 3 heterocycles. The number of hydrogen-bond acceptors (Lipinski definition) is 4. The number of aromatic nitrogens is 3. The minimum absolute atomic E-state index is 0.0530. The molecule has 2 aromatic heterocycles. The molecule has 5 rings (SSSR count). The van der Waals surface area contributed by atoms with E-state index in [1.54, 1.807) is 26.9 Å². The number of hydrogen-bond donors (Lipinski definition) is 0. The van der Waals surface area contributed by atoms with Crippen molar-refractivity contribution < 1.29 is 14.4 Å². The first kappa shape index (κ1) is 24.2. The number of carbonyl (C=O) groups excluding carboxylic acids is 3. The Labute approximate surface area is 214 Å². The molecule has 0 N–H and O–H groups in total. The molecule has 0 spiro atoms. The lowest BCUT2D eigenvalue weighted by Gasteiger charge is -2.14. The van der Waals surface area contributed by atoms with E-state index in [4.69, 9.17) is 0 Å². The van der Waals surface area contributed by atoms with Gasteiger partial charge in [0.15, 0.2) is 5.78 Å². The predicted octanol–water partition coefficient (Wildman–Crippen LogP) is 3.62. The molecule has 0 saturated carbocycles. The Morgan fingerprint density at radius 1 is 0.892 bits per heavy atom. The van der Waals surface area contributed by atoms with Gasteiger partial charge in [-0.1, -0.05) is 48.5 Å². The zero-order valence-electron chi connectivity index (χ0n) is 21.3. The smallest absolute Gasteiger partial charge is 0.295 e. The second-order valence-electron chi connectivity index (χ2n) is 9.44. The summed E-state index contributed by atoms with van der Waals surface area (Å²) in [5, 5.41) is 0.